The van der Waals surface area contributed by atoms with Crippen LogP contribution in [0.15, 0.2) is 72.3 Å². The molecular weight excluding hydrogens is 606 g/mol. The first-order chi connectivity index (χ1) is 20.4. The number of aromatic nitrogens is 1. The third-order valence-electron chi connectivity index (χ3n) is 9.62. The van der Waals surface area contributed by atoms with Gasteiger partial charge >= 0.3 is 25.4 Å². The first kappa shape index (κ1) is 32.0. The van der Waals surface area contributed by atoms with Gasteiger partial charge in [0.25, 0.3) is 0 Å². The normalized spacial score (nSPS) is 26.6. The molecule has 0 saturated carbocycles. The molecule has 0 fully saturated rings. The minimum absolute atomic E-state index is 0. The molecule has 224 valence electrons. The SMILES string of the molecule is CCC1=C(C)C2=CC3=NC(=C(C)/C3=C(\C)[O-])C=C3N=C(C4=c5[n-]c(c(C)c5[C@@](C)(O)C4)=CC1=N2)[C@@H](CCC(=O)OC)[C@@H]3C.[Zn+2]. The van der Waals surface area contributed by atoms with E-state index in [4.69, 9.17) is 24.7 Å². The number of aliphatic imine (C=N–C) groups is 3. The van der Waals surface area contributed by atoms with E-state index in [0.717, 1.165) is 73.4 Å². The van der Waals surface area contributed by atoms with E-state index in [-0.39, 0.29) is 49.5 Å². The Kier molecular flexibility index (Phi) is 8.36. The molecule has 0 unspecified atom stereocenters. The molecule has 4 aliphatic heterocycles. The maximum Gasteiger partial charge on any atom is 2.00 e. The molecule has 0 spiro atoms. The average molecular weight is 644 g/mol. The maximum atomic E-state index is 12.9. The van der Waals surface area contributed by atoms with E-state index in [0.29, 0.717) is 29.8 Å². The summed E-state index contributed by atoms with van der Waals surface area (Å²) >= 11 is 0. The molecule has 9 heteroatoms. The number of aliphatic hydroxyl groups is 1. The van der Waals surface area contributed by atoms with Gasteiger partial charge in [0.1, 0.15) is 0 Å². The van der Waals surface area contributed by atoms with Crippen molar-refractivity contribution in [3.63, 3.8) is 0 Å². The van der Waals surface area contributed by atoms with Gasteiger partial charge < -0.3 is 19.9 Å². The van der Waals surface area contributed by atoms with Crippen LogP contribution in [0.25, 0.3) is 11.6 Å². The Morgan fingerprint density at radius 3 is 2.52 bits per heavy atom. The van der Waals surface area contributed by atoms with E-state index in [1.54, 1.807) is 6.92 Å². The van der Waals surface area contributed by atoms with Gasteiger partial charge in [-0.2, -0.15) is 0 Å². The van der Waals surface area contributed by atoms with Crippen LogP contribution in [-0.2, 0) is 34.6 Å². The first-order valence-corrected chi connectivity index (χ1v) is 15.0. The van der Waals surface area contributed by atoms with Crippen LogP contribution in [0, 0.1) is 18.8 Å². The Hall–Kier alpha value is -3.42. The summed E-state index contributed by atoms with van der Waals surface area (Å²) in [4.78, 5) is 32.5. The summed E-state index contributed by atoms with van der Waals surface area (Å²) in [6.45, 7) is 13.6. The quantitative estimate of drug-likeness (QED) is 0.306. The van der Waals surface area contributed by atoms with Crippen LogP contribution in [-0.4, -0.2) is 35.3 Å². The number of carbonyl (C=O) groups excluding carboxylic acids is 1. The van der Waals surface area contributed by atoms with Crippen LogP contribution in [0.2, 0.25) is 0 Å². The van der Waals surface area contributed by atoms with E-state index in [2.05, 4.69) is 20.8 Å². The Bertz CT molecular complexity index is 1870. The van der Waals surface area contributed by atoms with Crippen molar-refractivity contribution < 1.29 is 39.2 Å². The zero-order chi connectivity index (χ0) is 31.0. The standard InChI is InChI=1S/C35H39N4O4.Zn/c1-9-21-16(2)24-14-29-31(20(6)40)18(4)26(37-29)12-25-17(3)22(10-11-30(41)43-8)33(38-25)23-15-35(7,42)32-19(5)27(39-34(23)32)13-28(21)36-24;/h12-14,17,22,42H,9-11,15H2,1-8H3,(H-,36,37,38,39,40);/q-1;+2/p-1/t17-,22-,35-;/m0./s1. The van der Waals surface area contributed by atoms with Gasteiger partial charge in [-0.25, -0.2) is 9.98 Å². The third kappa shape index (κ3) is 4.98. The number of rotatable bonds is 4. The molecular formula is C35H38N4O4Zn. The molecule has 1 aromatic heterocycles. The number of carbonyl (C=O) groups is 1. The molecule has 5 aliphatic rings. The first-order valence-electron chi connectivity index (χ1n) is 15.0. The van der Waals surface area contributed by atoms with Gasteiger partial charge in [-0.05, 0) is 86.1 Å². The van der Waals surface area contributed by atoms with Gasteiger partial charge in [0.15, 0.2) is 0 Å². The number of nitrogens with zero attached hydrogens (tertiary/aromatic N) is 4. The summed E-state index contributed by atoms with van der Waals surface area (Å²) in [5.41, 5.74) is 9.70. The van der Waals surface area contributed by atoms with Crippen molar-refractivity contribution >= 4 is 34.8 Å². The largest absolute Gasteiger partial charge is 2.00 e. The molecule has 0 aromatic carbocycles. The second kappa shape index (κ2) is 11.5. The van der Waals surface area contributed by atoms with E-state index >= 15 is 0 Å². The summed E-state index contributed by atoms with van der Waals surface area (Å²) in [7, 11) is 1.40. The van der Waals surface area contributed by atoms with Gasteiger partial charge in [0.05, 0.1) is 35.5 Å². The van der Waals surface area contributed by atoms with Crippen LogP contribution in [0.5, 0.6) is 0 Å². The molecule has 5 heterocycles. The molecule has 1 aliphatic carbocycles. The van der Waals surface area contributed by atoms with Gasteiger partial charge in [0, 0.05) is 36.1 Å². The molecule has 0 radical (unpaired) electrons. The Balaban J connectivity index is 0.00000384. The molecule has 8 nitrogen and oxygen atoms in total. The van der Waals surface area contributed by atoms with Crippen LogP contribution in [0.4, 0.5) is 0 Å². The average Bonchev–Trinajstić information content (AvgIpc) is 3.68. The summed E-state index contributed by atoms with van der Waals surface area (Å²) in [5.74, 6) is -0.431. The number of hydrogen-bond acceptors (Lipinski definition) is 7. The smallest absolute Gasteiger partial charge is 0.875 e. The third-order valence-corrected chi connectivity index (χ3v) is 9.62. The monoisotopic (exact) mass is 642 g/mol. The topological polar surface area (TPSA) is 121 Å². The van der Waals surface area contributed by atoms with Crippen LogP contribution in [0.3, 0.4) is 0 Å². The number of ether oxygens (including phenoxy) is 1. The van der Waals surface area contributed by atoms with Crippen molar-refractivity contribution in [3.05, 3.63) is 79.1 Å². The van der Waals surface area contributed by atoms with Crippen molar-refractivity contribution in [3.8, 4) is 0 Å². The van der Waals surface area contributed by atoms with Crippen LogP contribution in [0.1, 0.15) is 78.4 Å². The molecule has 1 aromatic rings. The predicted molar refractivity (Wildman–Crippen MR) is 167 cm³/mol. The molecule has 0 saturated heterocycles. The Morgan fingerprint density at radius 2 is 1.86 bits per heavy atom. The molecule has 44 heavy (non-hydrogen) atoms. The molecule has 1 N–H and O–H groups in total. The summed E-state index contributed by atoms with van der Waals surface area (Å²) < 4.78 is 4.97. The van der Waals surface area contributed by atoms with Gasteiger partial charge in [-0.15, -0.1) is 16.5 Å². The number of esters is 1. The van der Waals surface area contributed by atoms with Crippen molar-refractivity contribution in [2.45, 2.75) is 79.8 Å². The zero-order valence-electron chi connectivity index (χ0n) is 26.9. The number of methoxy groups -OCH3 is 1. The van der Waals surface area contributed by atoms with Gasteiger partial charge in [-0.1, -0.05) is 32.4 Å². The van der Waals surface area contributed by atoms with E-state index in [1.165, 1.54) is 7.11 Å². The molecule has 6 rings (SSSR count). The second-order valence-electron chi connectivity index (χ2n) is 12.4. The van der Waals surface area contributed by atoms with Crippen molar-refractivity contribution in [1.29, 1.82) is 0 Å². The number of hydrogen-bond donors (Lipinski definition) is 1. The van der Waals surface area contributed by atoms with Crippen molar-refractivity contribution in [1.82, 2.24) is 4.98 Å². The molecule has 8 bridgehead atoms. The zero-order valence-corrected chi connectivity index (χ0v) is 29.9. The minimum atomic E-state index is -1.11. The summed E-state index contributed by atoms with van der Waals surface area (Å²) in [5, 5.41) is 26.1. The Labute approximate surface area is 271 Å². The van der Waals surface area contributed by atoms with Crippen LogP contribution >= 0.6 is 0 Å². The fourth-order valence-electron chi connectivity index (χ4n) is 7.31. The second-order valence-corrected chi connectivity index (χ2v) is 12.4. The number of fused-ring (bicyclic) bond motifs is 5. The van der Waals surface area contributed by atoms with E-state index in [9.17, 15) is 15.0 Å². The minimum Gasteiger partial charge on any atom is -0.875 e. The maximum absolute atomic E-state index is 12.9. The van der Waals surface area contributed by atoms with Crippen LogP contribution < -0.4 is 20.8 Å². The van der Waals surface area contributed by atoms with E-state index in [1.807, 2.05) is 39.0 Å². The summed E-state index contributed by atoms with van der Waals surface area (Å²) in [6, 6.07) is 0. The molecule has 3 atom stereocenters. The molecule has 0 amide bonds. The predicted octanol–water partition coefficient (Wildman–Crippen LogP) is 3.48. The van der Waals surface area contributed by atoms with Gasteiger partial charge in [-0.3, -0.25) is 9.79 Å². The summed E-state index contributed by atoms with van der Waals surface area (Å²) in [6.07, 6.45) is 7.87. The van der Waals surface area contributed by atoms with E-state index < -0.39 is 5.60 Å². The fraction of sp³-hybridized carbons (Fsp3) is 0.429. The van der Waals surface area contributed by atoms with Gasteiger partial charge in [0.2, 0.25) is 0 Å². The van der Waals surface area contributed by atoms with Crippen molar-refractivity contribution in [2.75, 3.05) is 7.11 Å². The van der Waals surface area contributed by atoms with Crippen molar-refractivity contribution in [2.24, 2.45) is 26.8 Å². The Morgan fingerprint density at radius 1 is 1.14 bits per heavy atom. The number of allylic oxidation sites excluding steroid dienone is 8. The fourth-order valence-corrected chi connectivity index (χ4v) is 7.31.